The number of benzene rings is 1. The van der Waals surface area contributed by atoms with Gasteiger partial charge in [-0.25, -0.2) is 4.68 Å². The molecule has 1 aliphatic carbocycles. The molecule has 0 fully saturated rings. The average Bonchev–Trinajstić information content (AvgIpc) is 2.88. The molecule has 1 amide bonds. The Labute approximate surface area is 130 Å². The summed E-state index contributed by atoms with van der Waals surface area (Å²) in [6.07, 6.45) is 6.99. The first kappa shape index (κ1) is 14.6. The smallest absolute Gasteiger partial charge is 0.228 e. The lowest BCUT2D eigenvalue weighted by atomic mass is 9.94. The van der Waals surface area contributed by atoms with E-state index in [0.717, 1.165) is 30.8 Å². The lowest BCUT2D eigenvalue weighted by Gasteiger charge is -2.17. The van der Waals surface area contributed by atoms with Gasteiger partial charge in [0.05, 0.1) is 12.2 Å². The molecular formula is C18H21N3O. The summed E-state index contributed by atoms with van der Waals surface area (Å²) in [6, 6.07) is 12.1. The minimum atomic E-state index is 0.0744. The van der Waals surface area contributed by atoms with Gasteiger partial charge in [0.25, 0.3) is 0 Å². The summed E-state index contributed by atoms with van der Waals surface area (Å²) >= 11 is 0. The van der Waals surface area contributed by atoms with E-state index in [1.165, 1.54) is 5.56 Å². The van der Waals surface area contributed by atoms with Crippen LogP contribution in [0.1, 0.15) is 30.5 Å². The second-order valence-corrected chi connectivity index (χ2v) is 5.78. The van der Waals surface area contributed by atoms with Crippen LogP contribution in [0.5, 0.6) is 0 Å². The van der Waals surface area contributed by atoms with E-state index in [1.807, 2.05) is 35.9 Å². The van der Waals surface area contributed by atoms with Crippen molar-refractivity contribution >= 4 is 11.7 Å². The molecule has 22 heavy (non-hydrogen) atoms. The molecule has 2 aromatic rings. The van der Waals surface area contributed by atoms with Crippen molar-refractivity contribution in [1.29, 1.82) is 0 Å². The van der Waals surface area contributed by atoms with Gasteiger partial charge in [-0.15, -0.1) is 0 Å². The average molecular weight is 295 g/mol. The number of rotatable bonds is 4. The molecule has 1 aromatic carbocycles. The molecule has 1 heterocycles. The first-order valence-corrected chi connectivity index (χ1v) is 7.76. The predicted octanol–water partition coefficient (Wildman–Crippen LogP) is 3.53. The van der Waals surface area contributed by atoms with Gasteiger partial charge in [-0.05, 0) is 31.7 Å². The van der Waals surface area contributed by atoms with Crippen LogP contribution in [0.15, 0.2) is 48.6 Å². The molecule has 1 unspecified atom stereocenters. The minimum Gasteiger partial charge on any atom is -0.311 e. The molecule has 0 spiro atoms. The molecule has 1 N–H and O–H groups in total. The Morgan fingerprint density at radius 2 is 2.14 bits per heavy atom. The van der Waals surface area contributed by atoms with Gasteiger partial charge >= 0.3 is 0 Å². The molecule has 4 nitrogen and oxygen atoms in total. The largest absolute Gasteiger partial charge is 0.311 e. The van der Waals surface area contributed by atoms with Gasteiger partial charge < -0.3 is 5.32 Å². The number of aryl methyl sites for hydroxylation is 1. The number of anilines is 1. The Balaban J connectivity index is 1.73. The summed E-state index contributed by atoms with van der Waals surface area (Å²) in [7, 11) is 0. The molecule has 1 aromatic heterocycles. The molecular weight excluding hydrogens is 274 g/mol. The van der Waals surface area contributed by atoms with Crippen LogP contribution in [0, 0.1) is 12.8 Å². The third-order valence-corrected chi connectivity index (χ3v) is 3.97. The number of aromatic nitrogens is 2. The van der Waals surface area contributed by atoms with E-state index in [2.05, 4.69) is 34.7 Å². The summed E-state index contributed by atoms with van der Waals surface area (Å²) in [5.74, 6) is 0.949. The monoisotopic (exact) mass is 295 g/mol. The fraction of sp³-hybridized carbons (Fsp3) is 0.333. The van der Waals surface area contributed by atoms with Crippen molar-refractivity contribution < 1.29 is 4.79 Å². The van der Waals surface area contributed by atoms with Gasteiger partial charge in [-0.1, -0.05) is 42.5 Å². The van der Waals surface area contributed by atoms with Gasteiger partial charge in [0, 0.05) is 12.0 Å². The summed E-state index contributed by atoms with van der Waals surface area (Å²) in [4.78, 5) is 12.4. The van der Waals surface area contributed by atoms with Crippen LogP contribution >= 0.6 is 0 Å². The highest BCUT2D eigenvalue weighted by molar-refractivity contribution is 5.92. The van der Waals surface area contributed by atoms with E-state index >= 15 is 0 Å². The van der Waals surface area contributed by atoms with Crippen molar-refractivity contribution in [2.45, 2.75) is 32.7 Å². The Morgan fingerprint density at radius 1 is 1.32 bits per heavy atom. The molecule has 0 bridgehead atoms. The molecule has 0 radical (unpaired) electrons. The van der Waals surface area contributed by atoms with Crippen molar-refractivity contribution in [3.05, 3.63) is 59.8 Å². The van der Waals surface area contributed by atoms with Crippen molar-refractivity contribution in [3.8, 4) is 0 Å². The Morgan fingerprint density at radius 3 is 2.86 bits per heavy atom. The van der Waals surface area contributed by atoms with Crippen molar-refractivity contribution in [2.75, 3.05) is 5.32 Å². The number of nitrogens with zero attached hydrogens (tertiary/aromatic N) is 2. The molecule has 4 heteroatoms. The van der Waals surface area contributed by atoms with Crippen LogP contribution in [0.4, 0.5) is 5.82 Å². The zero-order valence-electron chi connectivity index (χ0n) is 12.8. The fourth-order valence-corrected chi connectivity index (χ4v) is 2.78. The maximum absolute atomic E-state index is 12.4. The van der Waals surface area contributed by atoms with Gasteiger partial charge in [0.2, 0.25) is 5.91 Å². The lowest BCUT2D eigenvalue weighted by molar-refractivity contribution is -0.120. The van der Waals surface area contributed by atoms with E-state index in [9.17, 15) is 4.79 Å². The SMILES string of the molecule is Cc1cc(NC(=O)C2CC=CCC2)n(Cc2ccccc2)n1. The topological polar surface area (TPSA) is 46.9 Å². The second kappa shape index (κ2) is 6.60. The Kier molecular flexibility index (Phi) is 4.37. The number of carbonyl (C=O) groups is 1. The van der Waals surface area contributed by atoms with Crippen LogP contribution in [0.25, 0.3) is 0 Å². The first-order chi connectivity index (χ1) is 10.7. The molecule has 114 valence electrons. The van der Waals surface area contributed by atoms with Crippen LogP contribution < -0.4 is 5.32 Å². The fourth-order valence-electron chi connectivity index (χ4n) is 2.78. The molecule has 0 saturated heterocycles. The standard InChI is InChI=1S/C18H21N3O/c1-14-12-17(19-18(22)16-10-6-3-7-11-16)21(20-14)13-15-8-4-2-5-9-15/h2-6,8-9,12,16H,7,10-11,13H2,1H3,(H,19,22). The second-order valence-electron chi connectivity index (χ2n) is 5.78. The van der Waals surface area contributed by atoms with Gasteiger partial charge in [-0.3, -0.25) is 4.79 Å². The zero-order chi connectivity index (χ0) is 15.4. The van der Waals surface area contributed by atoms with Crippen LogP contribution in [0.3, 0.4) is 0 Å². The summed E-state index contributed by atoms with van der Waals surface area (Å²) in [5.41, 5.74) is 2.08. The zero-order valence-corrected chi connectivity index (χ0v) is 12.8. The maximum atomic E-state index is 12.4. The number of carbonyl (C=O) groups excluding carboxylic acids is 1. The highest BCUT2D eigenvalue weighted by Crippen LogP contribution is 2.21. The van der Waals surface area contributed by atoms with Crippen molar-refractivity contribution in [1.82, 2.24) is 9.78 Å². The predicted molar refractivity (Wildman–Crippen MR) is 87.6 cm³/mol. The minimum absolute atomic E-state index is 0.0744. The molecule has 1 atom stereocenters. The third kappa shape index (κ3) is 3.45. The van der Waals surface area contributed by atoms with Gasteiger partial charge in [-0.2, -0.15) is 5.10 Å². The molecule has 1 aliphatic rings. The number of allylic oxidation sites excluding steroid dienone is 2. The van der Waals surface area contributed by atoms with E-state index < -0.39 is 0 Å². The van der Waals surface area contributed by atoms with E-state index in [4.69, 9.17) is 0 Å². The molecule has 0 saturated carbocycles. The number of amides is 1. The lowest BCUT2D eigenvalue weighted by Crippen LogP contribution is -2.25. The highest BCUT2D eigenvalue weighted by atomic mass is 16.2. The first-order valence-electron chi connectivity index (χ1n) is 7.76. The Bertz CT molecular complexity index is 673. The normalized spacial score (nSPS) is 17.4. The Hall–Kier alpha value is -2.36. The van der Waals surface area contributed by atoms with Crippen LogP contribution in [-0.2, 0) is 11.3 Å². The highest BCUT2D eigenvalue weighted by Gasteiger charge is 2.20. The van der Waals surface area contributed by atoms with E-state index in [-0.39, 0.29) is 11.8 Å². The molecule has 3 rings (SSSR count). The van der Waals surface area contributed by atoms with Gasteiger partial charge in [0.1, 0.15) is 5.82 Å². The van der Waals surface area contributed by atoms with Crippen LogP contribution in [-0.4, -0.2) is 15.7 Å². The van der Waals surface area contributed by atoms with E-state index in [0.29, 0.717) is 6.54 Å². The quantitative estimate of drug-likeness (QED) is 0.877. The summed E-state index contributed by atoms with van der Waals surface area (Å²) in [5, 5.41) is 7.54. The van der Waals surface area contributed by atoms with E-state index in [1.54, 1.807) is 0 Å². The number of nitrogens with one attached hydrogen (secondary N) is 1. The van der Waals surface area contributed by atoms with Gasteiger partial charge in [0.15, 0.2) is 0 Å². The molecule has 0 aliphatic heterocycles. The maximum Gasteiger partial charge on any atom is 0.228 e. The van der Waals surface area contributed by atoms with Crippen LogP contribution in [0.2, 0.25) is 0 Å². The third-order valence-electron chi connectivity index (χ3n) is 3.97. The van der Waals surface area contributed by atoms with Crippen molar-refractivity contribution in [3.63, 3.8) is 0 Å². The number of hydrogen-bond acceptors (Lipinski definition) is 2. The summed E-state index contributed by atoms with van der Waals surface area (Å²) in [6.45, 7) is 2.61. The van der Waals surface area contributed by atoms with Crippen molar-refractivity contribution in [2.24, 2.45) is 5.92 Å². The summed E-state index contributed by atoms with van der Waals surface area (Å²) < 4.78 is 1.86. The number of hydrogen-bond donors (Lipinski definition) is 1.